The summed E-state index contributed by atoms with van der Waals surface area (Å²) in [5.41, 5.74) is 0.365. The molecule has 2 unspecified atom stereocenters. The van der Waals surface area contributed by atoms with Gasteiger partial charge in [0.25, 0.3) is 5.69 Å². The van der Waals surface area contributed by atoms with E-state index in [9.17, 15) is 14.9 Å². The summed E-state index contributed by atoms with van der Waals surface area (Å²) in [7, 11) is 0. The average Bonchev–Trinajstić information content (AvgIpc) is 2.73. The highest BCUT2D eigenvalue weighted by molar-refractivity contribution is 5.88. The van der Waals surface area contributed by atoms with Crippen LogP contribution in [0, 0.1) is 10.1 Å². The van der Waals surface area contributed by atoms with Crippen LogP contribution in [0.3, 0.4) is 0 Å². The first-order valence-corrected chi connectivity index (χ1v) is 7.26. The number of carbonyl (C=O) groups excluding carboxylic acids is 1. The second kappa shape index (κ2) is 5.81. The molecule has 1 aromatic carbocycles. The number of nitrogens with one attached hydrogen (secondary N) is 1. The minimum absolute atomic E-state index is 0.0587. The topological polar surface area (TPSA) is 75.5 Å². The summed E-state index contributed by atoms with van der Waals surface area (Å²) in [6.45, 7) is 6.58. The second-order valence-corrected chi connectivity index (χ2v) is 5.58. The molecule has 2 atom stereocenters. The normalized spacial score (nSPS) is 25.4. The van der Waals surface area contributed by atoms with E-state index in [1.54, 1.807) is 12.1 Å². The molecule has 0 spiro atoms. The van der Waals surface area contributed by atoms with Gasteiger partial charge < -0.3 is 4.90 Å². The van der Waals surface area contributed by atoms with Gasteiger partial charge in [-0.25, -0.2) is 0 Å². The Bertz CT molecular complexity index is 544. The lowest BCUT2D eigenvalue weighted by Crippen LogP contribution is -2.43. The van der Waals surface area contributed by atoms with Crippen LogP contribution in [0.1, 0.15) is 45.3 Å². The van der Waals surface area contributed by atoms with Crippen molar-refractivity contribution in [3.8, 4) is 0 Å². The summed E-state index contributed by atoms with van der Waals surface area (Å²) < 4.78 is 0. The van der Waals surface area contributed by atoms with Gasteiger partial charge in [-0.3, -0.25) is 20.2 Å². The molecule has 114 valence electrons. The van der Waals surface area contributed by atoms with Gasteiger partial charge in [-0.1, -0.05) is 13.8 Å². The predicted molar refractivity (Wildman–Crippen MR) is 79.7 cm³/mol. The van der Waals surface area contributed by atoms with Crippen molar-refractivity contribution in [2.75, 3.05) is 6.54 Å². The monoisotopic (exact) mass is 291 g/mol. The molecule has 21 heavy (non-hydrogen) atoms. The minimum atomic E-state index is -0.568. The number of nitro benzene ring substituents is 1. The van der Waals surface area contributed by atoms with Gasteiger partial charge in [-0.15, -0.1) is 0 Å². The van der Waals surface area contributed by atoms with Gasteiger partial charge in [0.2, 0.25) is 5.91 Å². The van der Waals surface area contributed by atoms with Crippen LogP contribution in [0.25, 0.3) is 0 Å². The molecule has 1 N–H and O–H groups in total. The highest BCUT2D eigenvalue weighted by atomic mass is 16.6. The SMILES string of the molecule is CCCN1C(=O)C(C)(CC)NC1c1ccc([N+](=O)[O-])cc1. The van der Waals surface area contributed by atoms with Gasteiger partial charge in [-0.2, -0.15) is 0 Å². The Morgan fingerprint density at radius 2 is 1.95 bits per heavy atom. The Balaban J connectivity index is 2.32. The van der Waals surface area contributed by atoms with Crippen molar-refractivity contribution in [1.29, 1.82) is 0 Å². The number of amides is 1. The lowest BCUT2D eigenvalue weighted by molar-refractivity contribution is -0.384. The summed E-state index contributed by atoms with van der Waals surface area (Å²) >= 11 is 0. The molecule has 0 bridgehead atoms. The fourth-order valence-corrected chi connectivity index (χ4v) is 2.64. The lowest BCUT2D eigenvalue weighted by atomic mass is 9.99. The molecular weight excluding hydrogens is 270 g/mol. The number of hydrogen-bond donors (Lipinski definition) is 1. The van der Waals surface area contributed by atoms with Gasteiger partial charge in [0.1, 0.15) is 6.17 Å². The van der Waals surface area contributed by atoms with Crippen molar-refractivity contribution >= 4 is 11.6 Å². The molecule has 6 heteroatoms. The number of non-ortho nitro benzene ring substituents is 1. The van der Waals surface area contributed by atoms with Crippen LogP contribution in [0.15, 0.2) is 24.3 Å². The number of benzene rings is 1. The third-order valence-corrected chi connectivity index (χ3v) is 4.09. The van der Waals surface area contributed by atoms with Crippen LogP contribution >= 0.6 is 0 Å². The van der Waals surface area contributed by atoms with E-state index < -0.39 is 10.5 Å². The third kappa shape index (κ3) is 2.76. The van der Waals surface area contributed by atoms with Gasteiger partial charge in [-0.05, 0) is 37.5 Å². The third-order valence-electron chi connectivity index (χ3n) is 4.09. The molecule has 0 aromatic heterocycles. The fourth-order valence-electron chi connectivity index (χ4n) is 2.64. The van der Waals surface area contributed by atoms with Crippen LogP contribution in [-0.4, -0.2) is 27.8 Å². The molecule has 1 amide bonds. The van der Waals surface area contributed by atoms with E-state index in [0.717, 1.165) is 12.0 Å². The minimum Gasteiger partial charge on any atom is -0.321 e. The Kier molecular flexibility index (Phi) is 4.27. The van der Waals surface area contributed by atoms with Crippen LogP contribution in [-0.2, 0) is 4.79 Å². The molecule has 1 saturated heterocycles. The maximum atomic E-state index is 12.6. The van der Waals surface area contributed by atoms with E-state index in [1.807, 2.05) is 25.7 Å². The molecule has 1 heterocycles. The molecule has 1 aliphatic rings. The molecule has 0 radical (unpaired) electrons. The van der Waals surface area contributed by atoms with Gasteiger partial charge in [0, 0.05) is 18.7 Å². The molecule has 0 saturated carbocycles. The standard InChI is InChI=1S/C15H21N3O3/c1-4-10-17-13(16-15(3,5-2)14(17)19)11-6-8-12(9-7-11)18(20)21/h6-9,13,16H,4-5,10H2,1-3H3. The van der Waals surface area contributed by atoms with Gasteiger partial charge in [0.15, 0.2) is 0 Å². The zero-order valence-corrected chi connectivity index (χ0v) is 12.6. The number of carbonyl (C=O) groups is 1. The molecule has 2 rings (SSSR count). The van der Waals surface area contributed by atoms with Crippen molar-refractivity contribution in [2.45, 2.75) is 45.3 Å². The smallest absolute Gasteiger partial charge is 0.269 e. The Morgan fingerprint density at radius 3 is 2.43 bits per heavy atom. The predicted octanol–water partition coefficient (Wildman–Crippen LogP) is 2.60. The van der Waals surface area contributed by atoms with E-state index in [2.05, 4.69) is 5.32 Å². The number of nitro groups is 1. The molecule has 0 aliphatic carbocycles. The summed E-state index contributed by atoms with van der Waals surface area (Å²) in [5.74, 6) is 0.0928. The van der Waals surface area contributed by atoms with E-state index in [0.29, 0.717) is 13.0 Å². The van der Waals surface area contributed by atoms with Crippen LogP contribution in [0.5, 0.6) is 0 Å². The Hall–Kier alpha value is -1.95. The first-order valence-electron chi connectivity index (χ1n) is 7.26. The first kappa shape index (κ1) is 15.4. The van der Waals surface area contributed by atoms with Gasteiger partial charge in [0.05, 0.1) is 10.5 Å². The van der Waals surface area contributed by atoms with E-state index in [-0.39, 0.29) is 17.8 Å². The van der Waals surface area contributed by atoms with Crippen molar-refractivity contribution in [1.82, 2.24) is 10.2 Å². The summed E-state index contributed by atoms with van der Waals surface area (Å²) in [6.07, 6.45) is 1.36. The van der Waals surface area contributed by atoms with E-state index >= 15 is 0 Å². The Labute approximate surface area is 124 Å². The van der Waals surface area contributed by atoms with Crippen molar-refractivity contribution in [3.63, 3.8) is 0 Å². The highest BCUT2D eigenvalue weighted by Gasteiger charge is 2.46. The second-order valence-electron chi connectivity index (χ2n) is 5.58. The fraction of sp³-hybridized carbons (Fsp3) is 0.533. The Morgan fingerprint density at radius 1 is 1.33 bits per heavy atom. The summed E-state index contributed by atoms with van der Waals surface area (Å²) in [6, 6.07) is 6.39. The van der Waals surface area contributed by atoms with Crippen LogP contribution < -0.4 is 5.32 Å². The average molecular weight is 291 g/mol. The maximum absolute atomic E-state index is 12.6. The largest absolute Gasteiger partial charge is 0.321 e. The molecule has 1 aliphatic heterocycles. The molecule has 1 aromatic rings. The summed E-state index contributed by atoms with van der Waals surface area (Å²) in [4.78, 5) is 24.7. The van der Waals surface area contributed by atoms with Crippen LogP contribution in [0.4, 0.5) is 5.69 Å². The first-order chi connectivity index (χ1) is 9.92. The van der Waals surface area contributed by atoms with Crippen molar-refractivity contribution < 1.29 is 9.72 Å². The van der Waals surface area contributed by atoms with Crippen molar-refractivity contribution in [3.05, 3.63) is 39.9 Å². The van der Waals surface area contributed by atoms with Crippen molar-refractivity contribution in [2.24, 2.45) is 0 Å². The highest BCUT2D eigenvalue weighted by Crippen LogP contribution is 2.33. The van der Waals surface area contributed by atoms with Crippen LogP contribution in [0.2, 0.25) is 0 Å². The molecule has 6 nitrogen and oxygen atoms in total. The number of nitrogens with zero attached hydrogens (tertiary/aromatic N) is 2. The molecule has 1 fully saturated rings. The quantitative estimate of drug-likeness (QED) is 0.668. The lowest BCUT2D eigenvalue weighted by Gasteiger charge is -2.23. The zero-order chi connectivity index (χ0) is 15.6. The van der Waals surface area contributed by atoms with Gasteiger partial charge >= 0.3 is 0 Å². The number of rotatable bonds is 5. The number of hydrogen-bond acceptors (Lipinski definition) is 4. The molecular formula is C15H21N3O3. The van der Waals surface area contributed by atoms with E-state index in [1.165, 1.54) is 12.1 Å². The summed E-state index contributed by atoms with van der Waals surface area (Å²) in [5, 5.41) is 14.1. The zero-order valence-electron chi connectivity index (χ0n) is 12.6. The maximum Gasteiger partial charge on any atom is 0.269 e. The van der Waals surface area contributed by atoms with E-state index in [4.69, 9.17) is 0 Å².